The number of nitrogen functional groups attached to an aromatic ring is 1. The number of nitrogens with one attached hydrogen (secondary N) is 4. The van der Waals surface area contributed by atoms with Crippen LogP contribution in [0.1, 0.15) is 161 Å². The Labute approximate surface area is 723 Å². The van der Waals surface area contributed by atoms with E-state index in [0.717, 1.165) is 42.3 Å². The third-order valence-electron chi connectivity index (χ3n) is 22.6. The molecule has 3 aromatic rings. The van der Waals surface area contributed by atoms with Crippen LogP contribution in [-0.2, 0) is 95.0 Å². The standard InChI is InChI=1S/C89H136N10O24/c1-61-13-8-7-9-14-62(2)77(109-6)57-71-15-12-17-76(121-71)75(101)59-120-89(108)99-30-11-10-16-73(99)87(106)122-72(56-74(100)63(3)54-65(5)82(104)83(105)81(103)64(4)53-61)23-20-66-18-21-70(22-19-66)123-88(107)93-29-34-111-36-38-113-40-42-115-44-46-117-48-50-119-52-51-118-49-47-116-45-43-114-41-39-112-37-35-110-33-27-78(102)98-31-25-69(26-32-98)97-86-79(84(91)95-60-96-86)80(90)68-55-67-24-28-92-85(67)94-58-68/h7-9,13-14,24,28,54-55,58,60-61,63-64,66,69-73,76-77,82-83,90,104-105H,10-12,15-23,25-27,29-53,56-57,59H2,1-6H3,(H,92,94)(H,93,107)(H3,91,95,96,97)/b9-7+,13-8+,62-14?,65-54+,90-80?/t61-,63-,64-,66?,70?,71?,72-,73+,76?,77+,82?,83+/m1/s1. The van der Waals surface area contributed by atoms with E-state index in [4.69, 9.17) is 82.2 Å². The Balaban J connectivity index is 0.590. The summed E-state index contributed by atoms with van der Waals surface area (Å²) in [5, 5.41) is 38.4. The lowest BCUT2D eigenvalue weighted by Crippen LogP contribution is -2.50. The van der Waals surface area contributed by atoms with Crippen LogP contribution in [-0.4, -0.2) is 314 Å². The lowest BCUT2D eigenvalue weighted by atomic mass is 9.83. The van der Waals surface area contributed by atoms with Crippen LogP contribution >= 0.6 is 0 Å². The van der Waals surface area contributed by atoms with Crippen molar-refractivity contribution in [2.24, 2.45) is 23.7 Å². The number of hydrogen-bond acceptors (Lipinski definition) is 30. The summed E-state index contributed by atoms with van der Waals surface area (Å²) in [6, 6.07) is 2.79. The van der Waals surface area contributed by atoms with E-state index in [2.05, 4.69) is 30.6 Å². The van der Waals surface area contributed by atoms with E-state index in [9.17, 15) is 43.8 Å². The first-order valence-electron chi connectivity index (χ1n) is 44.0. The number of carbonyl (C=O) groups excluding carboxylic acids is 7. The largest absolute Gasteiger partial charge is 0.460 e. The third kappa shape index (κ3) is 36.4. The van der Waals surface area contributed by atoms with E-state index in [1.165, 1.54) is 17.3 Å². The molecule has 1 aliphatic carbocycles. The number of aromatic nitrogens is 4. The predicted octanol–water partition coefficient (Wildman–Crippen LogP) is 8.76. The molecule has 4 fully saturated rings. The van der Waals surface area contributed by atoms with E-state index >= 15 is 0 Å². The van der Waals surface area contributed by atoms with Gasteiger partial charge in [-0.3, -0.25) is 29.5 Å². The topological polar surface area (TPSA) is 433 Å². The predicted molar refractivity (Wildman–Crippen MR) is 457 cm³/mol. The number of aliphatic hydroxyl groups excluding tert-OH is 2. The number of likely N-dealkylation sites (tertiary alicyclic amines) is 1. The van der Waals surface area contributed by atoms with Gasteiger partial charge in [-0.25, -0.2) is 29.3 Å². The summed E-state index contributed by atoms with van der Waals surface area (Å²) in [5.41, 5.74) is 9.38. The molecule has 0 aromatic carbocycles. The van der Waals surface area contributed by atoms with Gasteiger partial charge in [-0.05, 0) is 145 Å². The number of carbonyl (C=O) groups is 7. The highest BCUT2D eigenvalue weighted by Crippen LogP contribution is 2.34. The van der Waals surface area contributed by atoms with Crippen LogP contribution in [0.25, 0.3) is 11.0 Å². The van der Waals surface area contributed by atoms with Crippen molar-refractivity contribution >= 4 is 69.8 Å². The molecular formula is C89H136N10O24. The van der Waals surface area contributed by atoms with Gasteiger partial charge >= 0.3 is 18.2 Å². The van der Waals surface area contributed by atoms with E-state index in [-0.39, 0.29) is 110 Å². The molecule has 3 unspecified atom stereocenters. The van der Waals surface area contributed by atoms with Gasteiger partial charge in [-0.15, -0.1) is 0 Å². The van der Waals surface area contributed by atoms with Gasteiger partial charge in [0.1, 0.15) is 66.0 Å². The molecule has 3 saturated heterocycles. The monoisotopic (exact) mass is 1730 g/mol. The number of rotatable bonds is 42. The second-order valence-electron chi connectivity index (χ2n) is 32.1. The number of esters is 1. The number of cyclic esters (lactones) is 2. The number of nitrogens with zero attached hydrogens (tertiary/aromatic N) is 5. The molecule has 0 radical (unpaired) electrons. The number of H-pyrrole nitrogens is 1. The van der Waals surface area contributed by atoms with Crippen molar-refractivity contribution < 1.29 is 115 Å². The second-order valence-corrected chi connectivity index (χ2v) is 32.1. The van der Waals surface area contributed by atoms with Gasteiger partial charge in [0.15, 0.2) is 18.2 Å². The first-order chi connectivity index (χ1) is 59.6. The van der Waals surface area contributed by atoms with Gasteiger partial charge < -0.3 is 108 Å². The van der Waals surface area contributed by atoms with Crippen LogP contribution < -0.4 is 16.4 Å². The fourth-order valence-corrected chi connectivity index (χ4v) is 15.5. The van der Waals surface area contributed by atoms with E-state index in [1.54, 1.807) is 40.3 Å². The summed E-state index contributed by atoms with van der Waals surface area (Å²) >= 11 is 0. The maximum Gasteiger partial charge on any atom is 0.410 e. The highest BCUT2D eigenvalue weighted by atomic mass is 16.6. The molecule has 7 heterocycles. The van der Waals surface area contributed by atoms with Crippen molar-refractivity contribution in [2.45, 2.75) is 205 Å². The SMILES string of the molecule is CO[C@H]1CC2CCCC(O2)C(=O)COC(=O)N2CCCC[C@H]2C(=O)O[C@H](CCC2CCC(OC(=O)NCCOCCOCCOCCOCCOCCOCCOCCOCCOCCOCCC(=O)N3CCC(Nc4ncnc(N)c4C(=N)c4cnc5[nH]ccc5c4)CC3)CC2)CC(=O)[C@H](C)/C=C(\C)C(O)[C@@H](O)C(=O)[C@H](C)C[C@H](C)/C=C/C=C/C=C1C. The minimum absolute atomic E-state index is 0.0377. The normalized spacial score (nSPS) is 25.3. The molecule has 34 nitrogen and oxygen atoms in total. The molecule has 3 aromatic heterocycles. The zero-order valence-electron chi connectivity index (χ0n) is 73.0. The van der Waals surface area contributed by atoms with Crippen LogP contribution in [0.15, 0.2) is 78.5 Å². The number of fused-ring (bicyclic) bond motifs is 4. The number of amides is 3. The molecule has 8 N–H and O–H groups in total. The zero-order chi connectivity index (χ0) is 87.9. The number of methoxy groups -OCH3 is 1. The maximum absolute atomic E-state index is 14.3. The van der Waals surface area contributed by atoms with Crippen molar-refractivity contribution in [1.82, 2.24) is 35.1 Å². The van der Waals surface area contributed by atoms with Gasteiger partial charge in [-0.2, -0.15) is 0 Å². The number of pyridine rings is 1. The van der Waals surface area contributed by atoms with Crippen molar-refractivity contribution in [2.75, 3.05) is 183 Å². The van der Waals surface area contributed by atoms with Crippen LogP contribution in [0.5, 0.6) is 0 Å². The minimum Gasteiger partial charge on any atom is -0.460 e. The number of alkyl carbamates (subject to hydrolysis) is 1. The van der Waals surface area contributed by atoms with Gasteiger partial charge in [0.25, 0.3) is 0 Å². The number of ether oxygens (including phenoxy) is 15. The highest BCUT2D eigenvalue weighted by molar-refractivity contribution is 6.17. The Bertz CT molecular complexity index is 3810. The molecule has 123 heavy (non-hydrogen) atoms. The molecule has 0 spiro atoms. The molecular weight excluding hydrogens is 1590 g/mol. The number of nitrogens with two attached hydrogens (primary N) is 1. The molecule has 686 valence electrons. The van der Waals surface area contributed by atoms with Gasteiger partial charge in [0.2, 0.25) is 5.91 Å². The lowest BCUT2D eigenvalue weighted by molar-refractivity contribution is -0.158. The lowest BCUT2D eigenvalue weighted by Gasteiger charge is -2.35. The minimum atomic E-state index is -1.72. The second kappa shape index (κ2) is 56.8. The van der Waals surface area contributed by atoms with Crippen LogP contribution in [0, 0.1) is 29.1 Å². The Morgan fingerprint density at radius 3 is 1.91 bits per heavy atom. The zero-order valence-corrected chi connectivity index (χ0v) is 73.0. The molecule has 2 bridgehead atoms. The third-order valence-corrected chi connectivity index (χ3v) is 22.6. The molecule has 10 atom stereocenters. The maximum atomic E-state index is 14.3. The summed E-state index contributed by atoms with van der Waals surface area (Å²) in [7, 11) is 1.63. The summed E-state index contributed by atoms with van der Waals surface area (Å²) in [4.78, 5) is 114. The fourth-order valence-electron chi connectivity index (χ4n) is 15.5. The Hall–Kier alpha value is -8.07. The number of Topliss-reactive ketones (excluding diaryl/α,β-unsaturated/α-hetero) is 3. The van der Waals surface area contributed by atoms with E-state index in [1.807, 2.05) is 61.3 Å². The summed E-state index contributed by atoms with van der Waals surface area (Å²) in [5.74, 6) is -2.43. The molecule has 1 saturated carbocycles. The fraction of sp³-hybridized carbons (Fsp3) is 0.697. The highest BCUT2D eigenvalue weighted by Gasteiger charge is 2.39. The Kier molecular flexibility index (Phi) is 46.3. The van der Waals surface area contributed by atoms with Crippen molar-refractivity contribution in [3.63, 3.8) is 0 Å². The van der Waals surface area contributed by atoms with Crippen molar-refractivity contribution in [3.05, 3.63) is 89.6 Å². The van der Waals surface area contributed by atoms with E-state index in [0.29, 0.717) is 226 Å². The quantitative estimate of drug-likeness (QED) is 0.00915. The number of piperidine rings is 2. The van der Waals surface area contributed by atoms with Gasteiger partial charge in [0.05, 0.1) is 162 Å². The van der Waals surface area contributed by atoms with Gasteiger partial charge in [-0.1, -0.05) is 57.2 Å². The van der Waals surface area contributed by atoms with Crippen LogP contribution in [0.3, 0.4) is 0 Å². The average molecular weight is 1730 g/mol. The van der Waals surface area contributed by atoms with Crippen molar-refractivity contribution in [3.8, 4) is 0 Å². The summed E-state index contributed by atoms with van der Waals surface area (Å²) in [6.07, 6.45) is 18.2. The molecule has 5 aliphatic rings. The number of ketones is 3. The van der Waals surface area contributed by atoms with Crippen LogP contribution in [0.4, 0.5) is 21.2 Å². The summed E-state index contributed by atoms with van der Waals surface area (Å²) in [6.45, 7) is 17.7. The molecule has 4 aliphatic heterocycles. The molecule has 8 rings (SSSR count). The van der Waals surface area contributed by atoms with Gasteiger partial charge in [0, 0.05) is 87.4 Å². The molecule has 34 heteroatoms. The van der Waals surface area contributed by atoms with Crippen LogP contribution in [0.2, 0.25) is 0 Å². The molecule has 3 amide bonds. The first kappa shape index (κ1) is 100. The smallest absolute Gasteiger partial charge is 0.410 e. The average Bonchev–Trinajstić information content (AvgIpc) is 1.75. The number of allylic oxidation sites excluding steroid dienone is 6. The summed E-state index contributed by atoms with van der Waals surface area (Å²) < 4.78 is 85.7. The first-order valence-corrected chi connectivity index (χ1v) is 44.0. The Morgan fingerprint density at radius 1 is 0.667 bits per heavy atom. The number of hydrogen-bond donors (Lipinski definition) is 7. The number of anilines is 2. The van der Waals surface area contributed by atoms with E-state index < -0.39 is 72.8 Å². The number of aromatic amines is 1. The van der Waals surface area contributed by atoms with Crippen molar-refractivity contribution in [1.29, 1.82) is 5.41 Å². The number of aliphatic hydroxyl groups is 2. The Morgan fingerprint density at radius 2 is 1.28 bits per heavy atom.